The normalized spacial score (nSPS) is 24.2. The van der Waals surface area contributed by atoms with Crippen LogP contribution < -0.4 is 10.2 Å². The van der Waals surface area contributed by atoms with Gasteiger partial charge in [0.05, 0.1) is 18.7 Å². The number of nitrogens with zero attached hydrogens (tertiary/aromatic N) is 3. The fourth-order valence-electron chi connectivity index (χ4n) is 2.38. The van der Waals surface area contributed by atoms with Crippen LogP contribution >= 0.6 is 0 Å². The predicted molar refractivity (Wildman–Crippen MR) is 68.3 cm³/mol. The second-order valence-electron chi connectivity index (χ2n) is 4.79. The van der Waals surface area contributed by atoms with Crippen molar-refractivity contribution in [1.29, 1.82) is 0 Å². The Morgan fingerprint density at radius 1 is 1.39 bits per heavy atom. The average Bonchev–Trinajstić information content (AvgIpc) is 2.85. The molecule has 0 bridgehead atoms. The summed E-state index contributed by atoms with van der Waals surface area (Å²) in [5, 5.41) is 21.2. The Kier molecular flexibility index (Phi) is 4.54. The third-order valence-corrected chi connectivity index (χ3v) is 3.48. The maximum absolute atomic E-state index is 10.0. The van der Waals surface area contributed by atoms with Gasteiger partial charge < -0.3 is 19.7 Å². The number of likely N-dealkylation sites (N-methyl/N-ethyl adjacent to an activating group) is 1. The molecule has 0 saturated heterocycles. The van der Waals surface area contributed by atoms with Gasteiger partial charge in [0.2, 0.25) is 5.89 Å². The van der Waals surface area contributed by atoms with Crippen LogP contribution in [0.4, 0.5) is 6.01 Å². The van der Waals surface area contributed by atoms with Crippen molar-refractivity contribution >= 4 is 6.01 Å². The first kappa shape index (κ1) is 13.3. The first-order valence-electron chi connectivity index (χ1n) is 6.66. The highest BCUT2D eigenvalue weighted by molar-refractivity contribution is 5.25. The summed E-state index contributed by atoms with van der Waals surface area (Å²) in [5.74, 6) is 0.587. The molecule has 1 heterocycles. The third-order valence-electron chi connectivity index (χ3n) is 3.48. The lowest BCUT2D eigenvalue weighted by molar-refractivity contribution is 0.104. The van der Waals surface area contributed by atoms with Crippen LogP contribution in [0.1, 0.15) is 38.5 Å². The minimum atomic E-state index is -0.298. The summed E-state index contributed by atoms with van der Waals surface area (Å²) in [4.78, 5) is 1.91. The third kappa shape index (κ3) is 3.00. The number of hydrogen-bond acceptors (Lipinski definition) is 6. The molecule has 0 aliphatic heterocycles. The first-order valence-corrected chi connectivity index (χ1v) is 6.66. The molecule has 6 nitrogen and oxygen atoms in total. The maximum Gasteiger partial charge on any atom is 0.318 e. The number of aromatic nitrogens is 2. The fourth-order valence-corrected chi connectivity index (χ4v) is 2.38. The quantitative estimate of drug-likeness (QED) is 0.814. The predicted octanol–water partition coefficient (Wildman–Crippen LogP) is 0.919. The van der Waals surface area contributed by atoms with E-state index in [4.69, 9.17) is 4.42 Å². The summed E-state index contributed by atoms with van der Waals surface area (Å²) >= 11 is 0. The second-order valence-corrected chi connectivity index (χ2v) is 4.79. The van der Waals surface area contributed by atoms with Gasteiger partial charge in [-0.2, -0.15) is 0 Å². The summed E-state index contributed by atoms with van der Waals surface area (Å²) in [6, 6.07) is 0.583. The first-order chi connectivity index (χ1) is 8.72. The van der Waals surface area contributed by atoms with Crippen molar-refractivity contribution in [3.63, 3.8) is 0 Å². The largest absolute Gasteiger partial charge is 0.407 e. The smallest absolute Gasteiger partial charge is 0.318 e. The zero-order chi connectivity index (χ0) is 13.0. The van der Waals surface area contributed by atoms with E-state index in [9.17, 15) is 5.11 Å². The van der Waals surface area contributed by atoms with E-state index in [1.807, 2.05) is 18.9 Å². The molecule has 2 atom stereocenters. The number of anilines is 1. The minimum absolute atomic E-state index is 0.0891. The van der Waals surface area contributed by atoms with Gasteiger partial charge in [-0.15, -0.1) is 5.10 Å². The Hall–Kier alpha value is -1.14. The SMILES string of the molecule is CCNCc1nnc(N(C)C2CCCCC2O)o1. The molecule has 1 fully saturated rings. The van der Waals surface area contributed by atoms with Gasteiger partial charge >= 0.3 is 6.01 Å². The lowest BCUT2D eigenvalue weighted by Crippen LogP contribution is -2.43. The van der Waals surface area contributed by atoms with Crippen LogP contribution in [0, 0.1) is 0 Å². The molecule has 2 unspecified atom stereocenters. The molecule has 102 valence electrons. The molecule has 6 heteroatoms. The number of hydrogen-bond donors (Lipinski definition) is 2. The van der Waals surface area contributed by atoms with Gasteiger partial charge in [0, 0.05) is 7.05 Å². The zero-order valence-corrected chi connectivity index (χ0v) is 11.1. The van der Waals surface area contributed by atoms with Crippen LogP contribution in [0.25, 0.3) is 0 Å². The van der Waals surface area contributed by atoms with E-state index in [0.717, 1.165) is 32.2 Å². The van der Waals surface area contributed by atoms with Crippen LogP contribution in [0.15, 0.2) is 4.42 Å². The fraction of sp³-hybridized carbons (Fsp3) is 0.833. The lowest BCUT2D eigenvalue weighted by Gasteiger charge is -2.33. The van der Waals surface area contributed by atoms with E-state index in [1.165, 1.54) is 0 Å². The summed E-state index contributed by atoms with van der Waals surface area (Å²) in [7, 11) is 1.91. The van der Waals surface area contributed by atoms with E-state index in [2.05, 4.69) is 15.5 Å². The van der Waals surface area contributed by atoms with E-state index < -0.39 is 0 Å². The van der Waals surface area contributed by atoms with Gasteiger partial charge in [-0.05, 0) is 19.4 Å². The van der Waals surface area contributed by atoms with Gasteiger partial charge in [0.15, 0.2) is 0 Å². The van der Waals surface area contributed by atoms with Crippen molar-refractivity contribution in [2.45, 2.75) is 51.3 Å². The molecule has 0 radical (unpaired) electrons. The Morgan fingerprint density at radius 3 is 2.89 bits per heavy atom. The molecule has 2 rings (SSSR count). The van der Waals surface area contributed by atoms with Gasteiger partial charge in [-0.3, -0.25) is 0 Å². The molecule has 1 aliphatic rings. The van der Waals surface area contributed by atoms with Crippen molar-refractivity contribution in [3.05, 3.63) is 5.89 Å². The van der Waals surface area contributed by atoms with Gasteiger partial charge in [0.1, 0.15) is 0 Å². The van der Waals surface area contributed by atoms with Gasteiger partial charge in [-0.25, -0.2) is 0 Å². The zero-order valence-electron chi connectivity index (χ0n) is 11.1. The number of aliphatic hydroxyl groups is 1. The van der Waals surface area contributed by atoms with Crippen molar-refractivity contribution in [3.8, 4) is 0 Å². The van der Waals surface area contributed by atoms with E-state index >= 15 is 0 Å². The van der Waals surface area contributed by atoms with Crippen molar-refractivity contribution < 1.29 is 9.52 Å². The summed E-state index contributed by atoms with van der Waals surface area (Å²) in [6.07, 6.45) is 3.77. The summed E-state index contributed by atoms with van der Waals surface area (Å²) in [6.45, 7) is 3.49. The molecule has 1 saturated carbocycles. The highest BCUT2D eigenvalue weighted by Crippen LogP contribution is 2.25. The molecule has 2 N–H and O–H groups in total. The minimum Gasteiger partial charge on any atom is -0.407 e. The molecular formula is C12H22N4O2. The van der Waals surface area contributed by atoms with Crippen LogP contribution in [0.2, 0.25) is 0 Å². The molecule has 1 aromatic heterocycles. The monoisotopic (exact) mass is 254 g/mol. The van der Waals surface area contributed by atoms with Gasteiger partial charge in [-0.1, -0.05) is 24.9 Å². The van der Waals surface area contributed by atoms with Crippen LogP contribution in [-0.2, 0) is 6.54 Å². The van der Waals surface area contributed by atoms with Crippen LogP contribution in [0.5, 0.6) is 0 Å². The second kappa shape index (κ2) is 6.15. The van der Waals surface area contributed by atoms with Crippen LogP contribution in [-0.4, -0.2) is 41.0 Å². The van der Waals surface area contributed by atoms with E-state index in [0.29, 0.717) is 18.5 Å². The molecule has 1 aliphatic carbocycles. The molecule has 0 spiro atoms. The Morgan fingerprint density at radius 2 is 2.17 bits per heavy atom. The van der Waals surface area contributed by atoms with Crippen molar-refractivity contribution in [1.82, 2.24) is 15.5 Å². The number of rotatable bonds is 5. The summed E-state index contributed by atoms with van der Waals surface area (Å²) < 4.78 is 5.58. The molecular weight excluding hydrogens is 232 g/mol. The highest BCUT2D eigenvalue weighted by Gasteiger charge is 2.29. The maximum atomic E-state index is 10.0. The standard InChI is InChI=1S/C12H22N4O2/c1-3-13-8-11-14-15-12(18-11)16(2)9-6-4-5-7-10(9)17/h9-10,13,17H,3-8H2,1-2H3. The average molecular weight is 254 g/mol. The van der Waals surface area contributed by atoms with Crippen molar-refractivity contribution in [2.24, 2.45) is 0 Å². The summed E-state index contributed by atoms with van der Waals surface area (Å²) in [5.41, 5.74) is 0. The van der Waals surface area contributed by atoms with Crippen LogP contribution in [0.3, 0.4) is 0 Å². The van der Waals surface area contributed by atoms with Gasteiger partial charge in [0.25, 0.3) is 0 Å². The molecule has 0 aromatic carbocycles. The number of nitrogens with one attached hydrogen (secondary N) is 1. The Bertz CT molecular complexity index is 369. The van der Waals surface area contributed by atoms with Crippen molar-refractivity contribution in [2.75, 3.05) is 18.5 Å². The Labute approximate surface area is 107 Å². The Balaban J connectivity index is 1.99. The van der Waals surface area contributed by atoms with E-state index in [1.54, 1.807) is 0 Å². The topological polar surface area (TPSA) is 74.4 Å². The lowest BCUT2D eigenvalue weighted by atomic mass is 9.92. The highest BCUT2D eigenvalue weighted by atomic mass is 16.4. The number of aliphatic hydroxyl groups excluding tert-OH is 1. The molecule has 1 aromatic rings. The molecule has 0 amide bonds. The van der Waals surface area contributed by atoms with E-state index in [-0.39, 0.29) is 12.1 Å². The molecule has 18 heavy (non-hydrogen) atoms.